The van der Waals surface area contributed by atoms with Crippen LogP contribution in [-0.4, -0.2) is 81.0 Å². The van der Waals surface area contributed by atoms with Crippen LogP contribution in [0.5, 0.6) is 5.75 Å². The lowest BCUT2D eigenvalue weighted by Crippen LogP contribution is -2.48. The highest BCUT2D eigenvalue weighted by atomic mass is 16.5. The molecule has 2 fully saturated rings. The highest BCUT2D eigenvalue weighted by Gasteiger charge is 2.33. The summed E-state index contributed by atoms with van der Waals surface area (Å²) in [7, 11) is 1.62. The number of fused-ring (bicyclic) bond motifs is 1. The Balaban J connectivity index is 1.32. The lowest BCUT2D eigenvalue weighted by molar-refractivity contribution is 0.0840. The molecule has 0 radical (unpaired) electrons. The fourth-order valence-corrected chi connectivity index (χ4v) is 5.57. The molecule has 0 bridgehead atoms. The second kappa shape index (κ2) is 11.0. The van der Waals surface area contributed by atoms with Crippen molar-refractivity contribution in [1.82, 2.24) is 35.0 Å². The Morgan fingerprint density at radius 2 is 1.95 bits per heavy atom. The molecule has 198 valence electrons. The predicted molar refractivity (Wildman–Crippen MR) is 143 cm³/mol. The number of tetrazole rings is 1. The third-order valence-electron chi connectivity index (χ3n) is 7.60. The van der Waals surface area contributed by atoms with Crippen LogP contribution in [0.3, 0.4) is 0 Å². The number of H-pyrrole nitrogens is 1. The van der Waals surface area contributed by atoms with Gasteiger partial charge in [-0.2, -0.15) is 0 Å². The van der Waals surface area contributed by atoms with E-state index >= 15 is 0 Å². The van der Waals surface area contributed by atoms with Crippen molar-refractivity contribution in [1.29, 1.82) is 0 Å². The molecule has 0 unspecified atom stereocenters. The number of hydrogen-bond acceptors (Lipinski definition) is 8. The van der Waals surface area contributed by atoms with Crippen LogP contribution < -0.4 is 10.3 Å². The number of aromatic amines is 1. The van der Waals surface area contributed by atoms with Gasteiger partial charge in [0, 0.05) is 51.0 Å². The summed E-state index contributed by atoms with van der Waals surface area (Å²) in [6, 6.07) is 17.9. The van der Waals surface area contributed by atoms with Crippen LogP contribution in [0.25, 0.3) is 10.9 Å². The zero-order valence-electron chi connectivity index (χ0n) is 21.6. The minimum atomic E-state index is -0.375. The average molecular weight is 516 g/mol. The zero-order chi connectivity index (χ0) is 25.9. The van der Waals surface area contributed by atoms with Gasteiger partial charge in [0.2, 0.25) is 0 Å². The largest absolute Gasteiger partial charge is 0.497 e. The molecule has 6 rings (SSSR count). The van der Waals surface area contributed by atoms with Gasteiger partial charge in [-0.25, -0.2) is 4.68 Å². The molecule has 0 amide bonds. The number of pyridine rings is 1. The third-order valence-corrected chi connectivity index (χ3v) is 7.60. The number of rotatable bonds is 8. The van der Waals surface area contributed by atoms with Crippen LogP contribution in [0.1, 0.15) is 35.8 Å². The van der Waals surface area contributed by atoms with Gasteiger partial charge in [0.25, 0.3) is 5.56 Å². The van der Waals surface area contributed by atoms with E-state index in [9.17, 15) is 4.79 Å². The summed E-state index contributed by atoms with van der Waals surface area (Å²) in [6.45, 7) is 5.63. The van der Waals surface area contributed by atoms with Crippen LogP contribution >= 0.6 is 0 Å². The summed E-state index contributed by atoms with van der Waals surface area (Å²) in [5.74, 6) is 1.38. The Kier molecular flexibility index (Phi) is 7.17. The predicted octanol–water partition coefficient (Wildman–Crippen LogP) is 2.61. The molecular weight excluding hydrogens is 482 g/mol. The van der Waals surface area contributed by atoms with Crippen LogP contribution in [0.15, 0.2) is 59.4 Å². The molecule has 10 nitrogen and oxygen atoms in total. The van der Waals surface area contributed by atoms with Crippen molar-refractivity contribution in [2.24, 2.45) is 0 Å². The van der Waals surface area contributed by atoms with Crippen molar-refractivity contribution >= 4 is 10.9 Å². The van der Waals surface area contributed by atoms with E-state index in [1.807, 2.05) is 35.0 Å². The quantitative estimate of drug-likeness (QED) is 0.382. The summed E-state index contributed by atoms with van der Waals surface area (Å²) >= 11 is 0. The van der Waals surface area contributed by atoms with Crippen LogP contribution in [0.2, 0.25) is 0 Å². The lowest BCUT2D eigenvalue weighted by atomic mass is 10.0. The molecule has 2 atom stereocenters. The number of aromatic nitrogens is 5. The summed E-state index contributed by atoms with van der Waals surface area (Å²) in [6.07, 6.45) is 2.12. The number of nitrogens with one attached hydrogen (secondary N) is 1. The molecule has 10 heteroatoms. The van der Waals surface area contributed by atoms with E-state index < -0.39 is 0 Å². The number of methoxy groups -OCH3 is 1. The van der Waals surface area contributed by atoms with Gasteiger partial charge in [0.05, 0.1) is 25.3 Å². The average Bonchev–Trinajstić information content (AvgIpc) is 3.63. The molecule has 2 aliphatic heterocycles. The molecule has 0 aliphatic carbocycles. The number of piperazine rings is 1. The van der Waals surface area contributed by atoms with Gasteiger partial charge in [-0.15, -0.1) is 5.10 Å². The minimum Gasteiger partial charge on any atom is -0.497 e. The van der Waals surface area contributed by atoms with Crippen molar-refractivity contribution in [2.45, 2.75) is 38.1 Å². The van der Waals surface area contributed by atoms with E-state index in [2.05, 4.69) is 54.6 Å². The maximum atomic E-state index is 13.5. The fourth-order valence-electron chi connectivity index (χ4n) is 5.57. The van der Waals surface area contributed by atoms with Gasteiger partial charge in [-0.3, -0.25) is 14.6 Å². The van der Waals surface area contributed by atoms with E-state index in [4.69, 9.17) is 9.47 Å². The molecule has 38 heavy (non-hydrogen) atoms. The van der Waals surface area contributed by atoms with Crippen molar-refractivity contribution in [2.75, 3.05) is 39.9 Å². The third kappa shape index (κ3) is 5.20. The first-order chi connectivity index (χ1) is 18.7. The van der Waals surface area contributed by atoms with E-state index in [-0.39, 0.29) is 17.7 Å². The molecule has 2 aromatic heterocycles. The number of nitrogens with zero attached hydrogens (tertiary/aromatic N) is 6. The SMILES string of the molecule is COc1ccc2cc([C@@H](c3nnnn3C[C@H]3CCCO3)N3CCN(Cc4ccccc4)CC3)c(=O)[nH]c2c1. The van der Waals surface area contributed by atoms with Crippen LogP contribution in [-0.2, 0) is 17.8 Å². The Bertz CT molecular complexity index is 1420. The molecule has 2 saturated heterocycles. The topological polar surface area (TPSA) is 101 Å². The van der Waals surface area contributed by atoms with E-state index in [0.717, 1.165) is 63.1 Å². The normalized spacial score (nSPS) is 19.7. The number of ether oxygens (including phenoxy) is 2. The summed E-state index contributed by atoms with van der Waals surface area (Å²) in [5, 5.41) is 13.7. The van der Waals surface area contributed by atoms with Gasteiger partial charge < -0.3 is 14.5 Å². The molecule has 4 aromatic rings. The monoisotopic (exact) mass is 515 g/mol. The van der Waals surface area contributed by atoms with Crippen LogP contribution in [0.4, 0.5) is 0 Å². The first-order valence-corrected chi connectivity index (χ1v) is 13.3. The van der Waals surface area contributed by atoms with E-state index in [0.29, 0.717) is 23.7 Å². The molecular formula is C28H33N7O3. The molecule has 1 N–H and O–H groups in total. The fraction of sp³-hybridized carbons (Fsp3) is 0.429. The number of benzene rings is 2. The highest BCUT2D eigenvalue weighted by molar-refractivity contribution is 5.80. The minimum absolute atomic E-state index is 0.0861. The van der Waals surface area contributed by atoms with Crippen LogP contribution in [0, 0.1) is 0 Å². The van der Waals surface area contributed by atoms with Crippen molar-refractivity contribution in [3.8, 4) is 5.75 Å². The zero-order valence-corrected chi connectivity index (χ0v) is 21.6. The second-order valence-corrected chi connectivity index (χ2v) is 10.1. The Labute approximate surface area is 221 Å². The first-order valence-electron chi connectivity index (χ1n) is 13.3. The van der Waals surface area contributed by atoms with Gasteiger partial charge in [0.15, 0.2) is 5.82 Å². The van der Waals surface area contributed by atoms with E-state index in [1.54, 1.807) is 7.11 Å². The van der Waals surface area contributed by atoms with Crippen molar-refractivity contribution in [3.05, 3.63) is 81.9 Å². The standard InChI is InChI=1S/C28H33N7O3/c1-37-22-10-9-21-16-24(28(36)29-25(21)17-22)26(27-30-31-32-35(27)19-23-8-5-15-38-23)34-13-11-33(12-14-34)18-20-6-3-2-4-7-20/h2-4,6-7,9-10,16-17,23,26H,5,8,11-15,18-19H2,1H3,(H,29,36)/t23-,26+/m1/s1. The Morgan fingerprint density at radius 3 is 2.71 bits per heavy atom. The van der Waals surface area contributed by atoms with Crippen molar-refractivity contribution in [3.63, 3.8) is 0 Å². The van der Waals surface area contributed by atoms with Gasteiger partial charge >= 0.3 is 0 Å². The van der Waals surface area contributed by atoms with Gasteiger partial charge in [-0.1, -0.05) is 30.3 Å². The Morgan fingerprint density at radius 1 is 1.11 bits per heavy atom. The Hall–Kier alpha value is -3.60. The summed E-state index contributed by atoms with van der Waals surface area (Å²) in [5.41, 5.74) is 2.54. The first kappa shape index (κ1) is 24.7. The maximum absolute atomic E-state index is 13.5. The molecule has 2 aromatic carbocycles. The summed E-state index contributed by atoms with van der Waals surface area (Å²) < 4.78 is 13.0. The maximum Gasteiger partial charge on any atom is 0.253 e. The molecule has 4 heterocycles. The molecule has 0 spiro atoms. The number of hydrogen-bond donors (Lipinski definition) is 1. The van der Waals surface area contributed by atoms with Gasteiger partial charge in [0.1, 0.15) is 11.8 Å². The second-order valence-electron chi connectivity index (χ2n) is 10.1. The molecule has 0 saturated carbocycles. The highest BCUT2D eigenvalue weighted by Crippen LogP contribution is 2.29. The van der Waals surface area contributed by atoms with Crippen molar-refractivity contribution < 1.29 is 9.47 Å². The summed E-state index contributed by atoms with van der Waals surface area (Å²) in [4.78, 5) is 21.4. The smallest absolute Gasteiger partial charge is 0.253 e. The molecule has 2 aliphatic rings. The van der Waals surface area contributed by atoms with E-state index in [1.165, 1.54) is 5.56 Å². The van der Waals surface area contributed by atoms with Gasteiger partial charge in [-0.05, 0) is 52.4 Å². The lowest BCUT2D eigenvalue weighted by Gasteiger charge is -2.38.